The van der Waals surface area contributed by atoms with Gasteiger partial charge in [-0.25, -0.2) is 0 Å². The van der Waals surface area contributed by atoms with E-state index in [4.69, 9.17) is 21.7 Å². The minimum absolute atomic E-state index is 0.0959. The number of aromatic nitrogens is 3. The number of benzene rings is 1. The predicted molar refractivity (Wildman–Crippen MR) is 81.3 cm³/mol. The summed E-state index contributed by atoms with van der Waals surface area (Å²) in [5, 5.41) is 10.7. The zero-order valence-electron chi connectivity index (χ0n) is 12.5. The average molecular weight is 344 g/mol. The van der Waals surface area contributed by atoms with Crippen LogP contribution in [0.1, 0.15) is 11.4 Å². The Morgan fingerprint density at radius 3 is 2.35 bits per heavy atom. The van der Waals surface area contributed by atoms with E-state index in [0.29, 0.717) is 16.2 Å². The SMILES string of the molecule is COc1cc(/C=N\n2c(C)n[nH]c2=S)cc(OC)c1OC(F)F. The summed E-state index contributed by atoms with van der Waals surface area (Å²) in [6.07, 6.45) is 1.47. The van der Waals surface area contributed by atoms with Gasteiger partial charge in [0, 0.05) is 5.56 Å². The Morgan fingerprint density at radius 2 is 1.91 bits per heavy atom. The molecule has 0 radical (unpaired) electrons. The zero-order valence-corrected chi connectivity index (χ0v) is 13.4. The van der Waals surface area contributed by atoms with Crippen LogP contribution in [0, 0.1) is 11.7 Å². The first-order valence-electron chi connectivity index (χ1n) is 6.35. The number of methoxy groups -OCH3 is 2. The van der Waals surface area contributed by atoms with Gasteiger partial charge in [0.05, 0.1) is 20.4 Å². The molecule has 0 aliphatic carbocycles. The summed E-state index contributed by atoms with van der Waals surface area (Å²) in [4.78, 5) is 0. The van der Waals surface area contributed by atoms with Gasteiger partial charge in [0.2, 0.25) is 10.5 Å². The summed E-state index contributed by atoms with van der Waals surface area (Å²) in [6, 6.07) is 2.98. The molecule has 10 heteroatoms. The third-order valence-electron chi connectivity index (χ3n) is 2.82. The molecule has 0 unspecified atom stereocenters. The highest BCUT2D eigenvalue weighted by Crippen LogP contribution is 2.39. The Bertz CT molecular complexity index is 748. The van der Waals surface area contributed by atoms with Crippen molar-refractivity contribution < 1.29 is 23.0 Å². The molecule has 2 rings (SSSR count). The fourth-order valence-electron chi connectivity index (χ4n) is 1.81. The summed E-state index contributed by atoms with van der Waals surface area (Å²) < 4.78 is 41.3. The van der Waals surface area contributed by atoms with Crippen molar-refractivity contribution in [2.24, 2.45) is 5.10 Å². The van der Waals surface area contributed by atoms with E-state index in [9.17, 15) is 8.78 Å². The molecule has 0 fully saturated rings. The van der Waals surface area contributed by atoms with E-state index in [0.717, 1.165) is 0 Å². The average Bonchev–Trinajstić information content (AvgIpc) is 2.84. The summed E-state index contributed by atoms with van der Waals surface area (Å²) in [7, 11) is 2.68. The molecule has 23 heavy (non-hydrogen) atoms. The van der Waals surface area contributed by atoms with E-state index in [1.807, 2.05) is 0 Å². The van der Waals surface area contributed by atoms with Crippen LogP contribution in [0.25, 0.3) is 0 Å². The van der Waals surface area contributed by atoms with Crippen LogP contribution in [0.5, 0.6) is 17.2 Å². The van der Waals surface area contributed by atoms with E-state index in [2.05, 4.69) is 20.0 Å². The molecule has 0 aliphatic rings. The molecule has 0 atom stereocenters. The number of rotatable bonds is 6. The molecule has 0 bridgehead atoms. The molecule has 1 aromatic heterocycles. The van der Waals surface area contributed by atoms with E-state index < -0.39 is 6.61 Å². The van der Waals surface area contributed by atoms with E-state index in [1.165, 1.54) is 37.2 Å². The molecular weight excluding hydrogens is 330 g/mol. The number of hydrogen-bond donors (Lipinski definition) is 1. The molecule has 124 valence electrons. The minimum atomic E-state index is -3.00. The van der Waals surface area contributed by atoms with Gasteiger partial charge in [-0.15, -0.1) is 0 Å². The predicted octanol–water partition coefficient (Wildman–Crippen LogP) is 2.75. The molecule has 0 spiro atoms. The van der Waals surface area contributed by atoms with E-state index >= 15 is 0 Å². The lowest BCUT2D eigenvalue weighted by Gasteiger charge is -2.14. The molecule has 0 amide bonds. The number of nitrogens with one attached hydrogen (secondary N) is 1. The van der Waals surface area contributed by atoms with Crippen LogP contribution in [0.2, 0.25) is 0 Å². The van der Waals surface area contributed by atoms with Crippen molar-refractivity contribution in [1.29, 1.82) is 0 Å². The lowest BCUT2D eigenvalue weighted by molar-refractivity contribution is -0.0526. The third-order valence-corrected chi connectivity index (χ3v) is 3.09. The first-order chi connectivity index (χ1) is 11.0. The second-order valence-electron chi connectivity index (χ2n) is 4.27. The Labute approximate surface area is 135 Å². The van der Waals surface area contributed by atoms with Crippen LogP contribution in [0.3, 0.4) is 0 Å². The molecule has 0 saturated carbocycles. The maximum atomic E-state index is 12.5. The lowest BCUT2D eigenvalue weighted by Crippen LogP contribution is -2.06. The number of ether oxygens (including phenoxy) is 3. The third kappa shape index (κ3) is 3.83. The van der Waals surface area contributed by atoms with Gasteiger partial charge in [0.15, 0.2) is 11.5 Å². The van der Waals surface area contributed by atoms with E-state index in [1.54, 1.807) is 6.92 Å². The zero-order chi connectivity index (χ0) is 17.0. The molecule has 1 heterocycles. The van der Waals surface area contributed by atoms with Gasteiger partial charge in [0.1, 0.15) is 5.82 Å². The summed E-state index contributed by atoms with van der Waals surface area (Å²) in [5.41, 5.74) is 0.544. The lowest BCUT2D eigenvalue weighted by atomic mass is 10.2. The normalized spacial score (nSPS) is 11.2. The first-order valence-corrected chi connectivity index (χ1v) is 6.76. The van der Waals surface area contributed by atoms with Crippen molar-refractivity contribution in [2.75, 3.05) is 14.2 Å². The Morgan fingerprint density at radius 1 is 1.30 bits per heavy atom. The van der Waals surface area contributed by atoms with Crippen LogP contribution in [0.4, 0.5) is 8.78 Å². The number of aryl methyl sites for hydroxylation is 1. The maximum absolute atomic E-state index is 12.5. The van der Waals surface area contributed by atoms with Crippen LogP contribution in [0.15, 0.2) is 17.2 Å². The van der Waals surface area contributed by atoms with Gasteiger partial charge in [-0.05, 0) is 31.3 Å². The fraction of sp³-hybridized carbons (Fsp3) is 0.308. The van der Waals surface area contributed by atoms with Crippen LogP contribution in [-0.2, 0) is 0 Å². The monoisotopic (exact) mass is 344 g/mol. The highest BCUT2D eigenvalue weighted by molar-refractivity contribution is 7.71. The quantitative estimate of drug-likeness (QED) is 0.644. The smallest absolute Gasteiger partial charge is 0.387 e. The Kier molecular flexibility index (Phi) is 5.27. The second-order valence-corrected chi connectivity index (χ2v) is 4.65. The van der Waals surface area contributed by atoms with Crippen molar-refractivity contribution in [3.8, 4) is 17.2 Å². The number of nitrogens with zero attached hydrogens (tertiary/aromatic N) is 3. The van der Waals surface area contributed by atoms with Gasteiger partial charge in [-0.2, -0.15) is 23.7 Å². The van der Waals surface area contributed by atoms with Crippen molar-refractivity contribution in [3.05, 3.63) is 28.3 Å². The minimum Gasteiger partial charge on any atom is -0.493 e. The molecule has 1 N–H and O–H groups in total. The van der Waals surface area contributed by atoms with Crippen molar-refractivity contribution >= 4 is 18.4 Å². The van der Waals surface area contributed by atoms with Gasteiger partial charge in [-0.3, -0.25) is 5.10 Å². The molecule has 0 saturated heterocycles. The molecule has 1 aromatic carbocycles. The Balaban J connectivity index is 2.42. The number of halogens is 2. The van der Waals surface area contributed by atoms with Gasteiger partial charge >= 0.3 is 6.61 Å². The summed E-state index contributed by atoms with van der Waals surface area (Å²) in [6.45, 7) is -1.27. The van der Waals surface area contributed by atoms with Gasteiger partial charge < -0.3 is 14.2 Å². The van der Waals surface area contributed by atoms with Crippen LogP contribution >= 0.6 is 12.2 Å². The second kappa shape index (κ2) is 7.18. The largest absolute Gasteiger partial charge is 0.493 e. The topological polar surface area (TPSA) is 73.7 Å². The van der Waals surface area contributed by atoms with E-state index in [-0.39, 0.29) is 17.2 Å². The van der Waals surface area contributed by atoms with Crippen LogP contribution in [-0.4, -0.2) is 41.9 Å². The van der Waals surface area contributed by atoms with Crippen molar-refractivity contribution in [2.45, 2.75) is 13.5 Å². The Hall–Kier alpha value is -2.49. The van der Waals surface area contributed by atoms with Gasteiger partial charge in [0.25, 0.3) is 0 Å². The van der Waals surface area contributed by atoms with Crippen molar-refractivity contribution in [3.63, 3.8) is 0 Å². The highest BCUT2D eigenvalue weighted by atomic mass is 32.1. The molecule has 7 nitrogen and oxygen atoms in total. The number of H-pyrrole nitrogens is 1. The molecule has 2 aromatic rings. The van der Waals surface area contributed by atoms with Crippen molar-refractivity contribution in [1.82, 2.24) is 14.9 Å². The number of hydrogen-bond acceptors (Lipinski definition) is 6. The standard InChI is InChI=1S/C13H14F2N4O3S/c1-7-17-18-13(23)19(7)16-6-8-4-9(20-2)11(22-12(14)15)10(5-8)21-3/h4-6,12H,1-3H3,(H,18,23)/b16-6-. The highest BCUT2D eigenvalue weighted by Gasteiger charge is 2.17. The van der Waals surface area contributed by atoms with Gasteiger partial charge in [-0.1, -0.05) is 0 Å². The fourth-order valence-corrected chi connectivity index (χ4v) is 2.04. The van der Waals surface area contributed by atoms with Crippen LogP contribution < -0.4 is 14.2 Å². The maximum Gasteiger partial charge on any atom is 0.387 e. The number of aromatic amines is 1. The summed E-state index contributed by atoms with van der Waals surface area (Å²) >= 11 is 5.03. The number of alkyl halides is 2. The molecule has 0 aliphatic heterocycles. The first kappa shape index (κ1) is 16.9. The summed E-state index contributed by atoms with van der Waals surface area (Å²) in [5.74, 6) is 0.582. The molecular formula is C13H14F2N4O3S.